The number of rotatable bonds is 4. The van der Waals surface area contributed by atoms with Crippen LogP contribution in [0.5, 0.6) is 0 Å². The van der Waals surface area contributed by atoms with E-state index in [0.29, 0.717) is 5.69 Å². The molecule has 21 heavy (non-hydrogen) atoms. The van der Waals surface area contributed by atoms with Gasteiger partial charge in [-0.25, -0.2) is 22.5 Å². The highest BCUT2D eigenvalue weighted by Crippen LogP contribution is 2.18. The van der Waals surface area contributed by atoms with Crippen molar-refractivity contribution in [1.29, 1.82) is 0 Å². The molecule has 5 nitrogen and oxygen atoms in total. The molecule has 1 aromatic carbocycles. The predicted molar refractivity (Wildman–Crippen MR) is 76.5 cm³/mol. The molecule has 0 fully saturated rings. The summed E-state index contributed by atoms with van der Waals surface area (Å²) in [5.74, 6) is -0.683. The largest absolute Gasteiger partial charge is 0.238 e. The summed E-state index contributed by atoms with van der Waals surface area (Å²) >= 11 is 1.06. The smallest absolute Gasteiger partial charge is 0.211 e. The Morgan fingerprint density at radius 1 is 1.24 bits per heavy atom. The highest BCUT2D eigenvalue weighted by Gasteiger charge is 2.20. The van der Waals surface area contributed by atoms with Crippen LogP contribution in [0.2, 0.25) is 0 Å². The molecule has 2 aromatic heterocycles. The molecule has 0 spiro atoms. The van der Waals surface area contributed by atoms with Gasteiger partial charge in [0.05, 0.1) is 5.69 Å². The summed E-state index contributed by atoms with van der Waals surface area (Å²) < 4.78 is 39.2. The second-order valence-corrected chi connectivity index (χ2v) is 7.32. The third-order valence-electron chi connectivity index (χ3n) is 2.76. The summed E-state index contributed by atoms with van der Waals surface area (Å²) in [4.78, 5) is 3.80. The van der Waals surface area contributed by atoms with Crippen LogP contribution >= 0.6 is 11.3 Å². The summed E-state index contributed by atoms with van der Waals surface area (Å²) in [6, 6.07) is 7.71. The van der Waals surface area contributed by atoms with E-state index in [1.165, 1.54) is 23.1 Å². The fourth-order valence-corrected chi connectivity index (χ4v) is 4.01. The van der Waals surface area contributed by atoms with E-state index in [-0.39, 0.29) is 15.8 Å². The molecule has 108 valence electrons. The monoisotopic (exact) mass is 323 g/mol. The number of halogens is 1. The van der Waals surface area contributed by atoms with Crippen molar-refractivity contribution < 1.29 is 12.8 Å². The highest BCUT2D eigenvalue weighted by molar-refractivity contribution is 7.92. The molecule has 3 aromatic rings. The Labute approximate surface area is 124 Å². The molecule has 0 saturated heterocycles. The fourth-order valence-electron chi connectivity index (χ4n) is 1.83. The quantitative estimate of drug-likeness (QED) is 0.740. The fraction of sp³-hybridized carbons (Fsp3) is 0.0769. The minimum absolute atomic E-state index is 0.0583. The van der Waals surface area contributed by atoms with Gasteiger partial charge in [-0.05, 0) is 18.2 Å². The predicted octanol–water partition coefficient (Wildman–Crippen LogP) is 2.44. The van der Waals surface area contributed by atoms with Gasteiger partial charge in [0.1, 0.15) is 17.3 Å². The van der Waals surface area contributed by atoms with Gasteiger partial charge in [0, 0.05) is 17.8 Å². The standard InChI is InChI=1S/C13H10FN3O2S2/c14-11-3-1-2-4-12(11)17-7-5-10(16-17)9-21(18,19)13-15-6-8-20-13/h1-8H,9H2. The molecule has 8 heteroatoms. The van der Waals surface area contributed by atoms with Crippen molar-refractivity contribution in [3.63, 3.8) is 0 Å². The van der Waals surface area contributed by atoms with E-state index in [4.69, 9.17) is 0 Å². The number of hydrogen-bond donors (Lipinski definition) is 0. The van der Waals surface area contributed by atoms with Gasteiger partial charge in [-0.2, -0.15) is 5.10 Å². The Morgan fingerprint density at radius 3 is 2.76 bits per heavy atom. The molecule has 0 amide bonds. The van der Waals surface area contributed by atoms with Crippen LogP contribution in [-0.4, -0.2) is 23.2 Å². The van der Waals surface area contributed by atoms with E-state index < -0.39 is 15.7 Å². The van der Waals surface area contributed by atoms with E-state index in [2.05, 4.69) is 10.1 Å². The average molecular weight is 323 g/mol. The van der Waals surface area contributed by atoms with Crippen LogP contribution < -0.4 is 0 Å². The number of aromatic nitrogens is 3. The second kappa shape index (κ2) is 5.38. The molecule has 0 atom stereocenters. The first-order valence-electron chi connectivity index (χ1n) is 5.98. The minimum Gasteiger partial charge on any atom is -0.238 e. The molecule has 0 radical (unpaired) electrons. The number of hydrogen-bond acceptors (Lipinski definition) is 5. The van der Waals surface area contributed by atoms with E-state index in [0.717, 1.165) is 11.3 Å². The lowest BCUT2D eigenvalue weighted by Crippen LogP contribution is -2.06. The normalized spacial score (nSPS) is 11.7. The first kappa shape index (κ1) is 13.9. The van der Waals surface area contributed by atoms with Gasteiger partial charge in [-0.15, -0.1) is 11.3 Å². The Balaban J connectivity index is 1.88. The zero-order chi connectivity index (χ0) is 14.9. The lowest BCUT2D eigenvalue weighted by Gasteiger charge is -2.02. The van der Waals surface area contributed by atoms with Crippen molar-refractivity contribution in [2.75, 3.05) is 0 Å². The Kier molecular flexibility index (Phi) is 3.56. The number of nitrogens with zero attached hydrogens (tertiary/aromatic N) is 3. The van der Waals surface area contributed by atoms with E-state index >= 15 is 0 Å². The van der Waals surface area contributed by atoms with Crippen LogP contribution in [0.25, 0.3) is 5.69 Å². The average Bonchev–Trinajstić information content (AvgIpc) is 3.10. The molecule has 0 bridgehead atoms. The molecule has 0 aliphatic rings. The van der Waals surface area contributed by atoms with Crippen LogP contribution in [0, 0.1) is 5.82 Å². The first-order chi connectivity index (χ1) is 10.1. The van der Waals surface area contributed by atoms with Gasteiger partial charge in [0.15, 0.2) is 0 Å². The molecule has 0 saturated carbocycles. The van der Waals surface area contributed by atoms with Gasteiger partial charge in [-0.1, -0.05) is 12.1 Å². The molecule has 2 heterocycles. The van der Waals surface area contributed by atoms with Gasteiger partial charge >= 0.3 is 0 Å². The van der Waals surface area contributed by atoms with Crippen molar-refractivity contribution in [3.05, 3.63) is 59.6 Å². The van der Waals surface area contributed by atoms with Crippen LogP contribution in [0.15, 0.2) is 52.4 Å². The van der Waals surface area contributed by atoms with Crippen molar-refractivity contribution in [2.45, 2.75) is 10.1 Å². The third kappa shape index (κ3) is 2.86. The number of benzene rings is 1. The summed E-state index contributed by atoms with van der Waals surface area (Å²) in [6.45, 7) is 0. The zero-order valence-corrected chi connectivity index (χ0v) is 12.3. The third-order valence-corrected chi connectivity index (χ3v) is 5.69. The number of thiazole rings is 1. The Morgan fingerprint density at radius 2 is 2.05 bits per heavy atom. The maximum absolute atomic E-state index is 13.7. The number of para-hydroxylation sites is 1. The lowest BCUT2D eigenvalue weighted by molar-refractivity contribution is 0.593. The molecule has 0 N–H and O–H groups in total. The lowest BCUT2D eigenvalue weighted by atomic mass is 10.3. The van der Waals surface area contributed by atoms with Crippen molar-refractivity contribution in [1.82, 2.24) is 14.8 Å². The SMILES string of the molecule is O=S(=O)(Cc1ccn(-c2ccccc2F)n1)c1nccs1. The van der Waals surface area contributed by atoms with Gasteiger partial charge in [0.25, 0.3) is 0 Å². The van der Waals surface area contributed by atoms with Gasteiger partial charge < -0.3 is 0 Å². The van der Waals surface area contributed by atoms with Crippen LogP contribution in [0.4, 0.5) is 4.39 Å². The second-order valence-electron chi connectivity index (χ2n) is 4.26. The van der Waals surface area contributed by atoms with Crippen LogP contribution in [0.3, 0.4) is 0 Å². The van der Waals surface area contributed by atoms with Crippen LogP contribution in [0.1, 0.15) is 5.69 Å². The molecule has 0 aliphatic heterocycles. The topological polar surface area (TPSA) is 64.8 Å². The summed E-state index contributed by atoms with van der Waals surface area (Å²) in [5, 5.41) is 5.71. The highest BCUT2D eigenvalue weighted by atomic mass is 32.2. The maximum Gasteiger partial charge on any atom is 0.211 e. The van der Waals surface area contributed by atoms with E-state index in [1.54, 1.807) is 29.6 Å². The van der Waals surface area contributed by atoms with E-state index in [9.17, 15) is 12.8 Å². The summed E-state index contributed by atoms with van der Waals surface area (Å²) in [7, 11) is -3.51. The van der Waals surface area contributed by atoms with Crippen molar-refractivity contribution >= 4 is 21.2 Å². The van der Waals surface area contributed by atoms with Crippen molar-refractivity contribution in [3.8, 4) is 5.69 Å². The zero-order valence-electron chi connectivity index (χ0n) is 10.7. The molecule has 0 unspecified atom stereocenters. The van der Waals surface area contributed by atoms with Gasteiger partial charge in [0.2, 0.25) is 14.2 Å². The molecule has 3 rings (SSSR count). The van der Waals surface area contributed by atoms with Gasteiger partial charge in [-0.3, -0.25) is 0 Å². The summed E-state index contributed by atoms with van der Waals surface area (Å²) in [5.41, 5.74) is 0.615. The van der Waals surface area contributed by atoms with Crippen molar-refractivity contribution in [2.24, 2.45) is 0 Å². The number of sulfone groups is 1. The Hall–Kier alpha value is -2.06. The van der Waals surface area contributed by atoms with Crippen LogP contribution in [-0.2, 0) is 15.6 Å². The van der Waals surface area contributed by atoms with E-state index in [1.807, 2.05) is 0 Å². The summed E-state index contributed by atoms with van der Waals surface area (Å²) in [6.07, 6.45) is 2.97. The maximum atomic E-state index is 13.7. The molecule has 0 aliphatic carbocycles. The first-order valence-corrected chi connectivity index (χ1v) is 8.51. The minimum atomic E-state index is -3.51. The molecular formula is C13H10FN3O2S2. The molecular weight excluding hydrogens is 313 g/mol. The Bertz CT molecular complexity index is 857.